The quantitative estimate of drug-likeness (QED) is 0.567. The molecule has 1 aromatic carbocycles. The summed E-state index contributed by atoms with van der Waals surface area (Å²) in [6.07, 6.45) is 13.1. The van der Waals surface area contributed by atoms with E-state index in [1.54, 1.807) is 24.7 Å². The molecule has 1 unspecified atom stereocenters. The van der Waals surface area contributed by atoms with Crippen molar-refractivity contribution in [2.24, 2.45) is 4.99 Å². The zero-order valence-electron chi connectivity index (χ0n) is 16.5. The topological polar surface area (TPSA) is 12.4 Å². The van der Waals surface area contributed by atoms with Crippen LogP contribution in [0.5, 0.6) is 0 Å². The largest absolute Gasteiger partial charge is 1.00 e. The molecule has 0 amide bonds. The van der Waals surface area contributed by atoms with Crippen LogP contribution >= 0.6 is 11.3 Å². The van der Waals surface area contributed by atoms with Gasteiger partial charge in [0.1, 0.15) is 0 Å². The van der Waals surface area contributed by atoms with Gasteiger partial charge in [0, 0.05) is 11.3 Å². The van der Waals surface area contributed by atoms with Crippen molar-refractivity contribution >= 4 is 28.7 Å². The van der Waals surface area contributed by atoms with Gasteiger partial charge in [0.15, 0.2) is 0 Å². The van der Waals surface area contributed by atoms with Crippen molar-refractivity contribution in [3.8, 4) is 0 Å². The third-order valence-electron chi connectivity index (χ3n) is 4.86. The number of allylic oxidation sites excluding steroid dienone is 5. The molecule has 3 aliphatic rings. The molecule has 0 spiro atoms. The predicted octanol–water partition coefficient (Wildman–Crippen LogP) is 0.692. The van der Waals surface area contributed by atoms with Gasteiger partial charge in [-0.15, -0.1) is 0 Å². The van der Waals surface area contributed by atoms with Crippen molar-refractivity contribution in [2.75, 3.05) is 0 Å². The summed E-state index contributed by atoms with van der Waals surface area (Å²) in [5, 5.41) is 0. The fraction of sp³-hybridized carbons (Fsp3) is 0.208. The molecule has 0 saturated heterocycles. The van der Waals surface area contributed by atoms with E-state index in [0.29, 0.717) is 3.63 Å². The molecule has 2 aliphatic carbocycles. The molecule has 1 nitrogen and oxygen atoms in total. The smallest absolute Gasteiger partial charge is 1.00 e. The number of aryl methyl sites for hydroxylation is 1. The van der Waals surface area contributed by atoms with E-state index in [-0.39, 0.29) is 24.8 Å². The average molecular weight is 519 g/mol. The second kappa shape index (κ2) is 10.9. The van der Waals surface area contributed by atoms with E-state index in [1.807, 2.05) is 30.4 Å². The van der Waals surface area contributed by atoms with Gasteiger partial charge in [-0.25, -0.2) is 0 Å². The van der Waals surface area contributed by atoms with Gasteiger partial charge in [0.25, 0.3) is 0 Å². The summed E-state index contributed by atoms with van der Waals surface area (Å²) in [6, 6.07) is 13.4. The third-order valence-corrected chi connectivity index (χ3v) is 7.58. The van der Waals surface area contributed by atoms with Crippen LogP contribution in [0.3, 0.4) is 0 Å². The number of nitrogens with zero attached hydrogens (tertiary/aromatic N) is 1. The molecule has 0 radical (unpaired) electrons. The van der Waals surface area contributed by atoms with Crippen LogP contribution < -0.4 is 24.8 Å². The standard InChI is InChI=1S/C16H15S.C8H7N.2ClH.Zr/c1-2-5-15-8-9-16(17-15)14-10-12-6-3-4-7-13(12)11-14;1-6-5-7-3-2-4-8(7)9-6;;;/h3-4,6-11H,2,5H2,1H3;2-5H,1H3;2*1H;/q;;;;+2/p-2. The minimum absolute atomic E-state index is 0. The molecule has 29 heavy (non-hydrogen) atoms. The maximum Gasteiger partial charge on any atom is -1.00 e. The Labute approximate surface area is 205 Å². The molecular formula is C24H22Cl2NSZr. The summed E-state index contributed by atoms with van der Waals surface area (Å²) < 4.78 is 0.626. The zero-order chi connectivity index (χ0) is 18.8. The first-order chi connectivity index (χ1) is 13.2. The second-order valence-corrected chi connectivity index (χ2v) is 9.53. The molecule has 0 N–H and O–H groups in total. The summed E-state index contributed by atoms with van der Waals surface area (Å²) in [6.45, 7) is 4.26. The van der Waals surface area contributed by atoms with Crippen molar-refractivity contribution in [1.82, 2.24) is 0 Å². The van der Waals surface area contributed by atoms with Crippen LogP contribution in [0.25, 0.3) is 11.6 Å². The Balaban J connectivity index is 0.000000232. The van der Waals surface area contributed by atoms with Gasteiger partial charge in [-0.1, -0.05) is 12.2 Å². The Morgan fingerprint density at radius 3 is 2.59 bits per heavy atom. The van der Waals surface area contributed by atoms with Crippen molar-refractivity contribution in [2.45, 2.75) is 30.3 Å². The van der Waals surface area contributed by atoms with Crippen molar-refractivity contribution in [3.05, 3.63) is 92.9 Å². The summed E-state index contributed by atoms with van der Waals surface area (Å²) in [5.41, 5.74) is 7.94. The maximum atomic E-state index is 4.27. The summed E-state index contributed by atoms with van der Waals surface area (Å²) >= 11 is 3.57. The monoisotopic (exact) mass is 516 g/mol. The van der Waals surface area contributed by atoms with Gasteiger partial charge in [0.05, 0.1) is 5.70 Å². The first kappa shape index (κ1) is 24.3. The van der Waals surface area contributed by atoms with E-state index < -0.39 is 0 Å². The first-order valence-corrected chi connectivity index (χ1v) is 11.7. The van der Waals surface area contributed by atoms with Gasteiger partial charge in [-0.2, -0.15) is 0 Å². The minimum Gasteiger partial charge on any atom is -1.00 e. The second-order valence-electron chi connectivity index (χ2n) is 6.94. The van der Waals surface area contributed by atoms with Crippen LogP contribution in [0.4, 0.5) is 0 Å². The number of hydrogen-bond acceptors (Lipinski definition) is 2. The normalized spacial score (nSPS) is 17.6. The zero-order valence-corrected chi connectivity index (χ0v) is 21.2. The van der Waals surface area contributed by atoms with Crippen molar-refractivity contribution < 1.29 is 49.5 Å². The van der Waals surface area contributed by atoms with E-state index in [9.17, 15) is 0 Å². The summed E-state index contributed by atoms with van der Waals surface area (Å²) in [5.74, 6) is 0. The number of halogens is 2. The Kier molecular flexibility index (Phi) is 9.10. The Bertz CT molecular complexity index is 1030. The number of hydrogen-bond donors (Lipinski definition) is 0. The maximum absolute atomic E-state index is 4.27. The molecule has 1 aromatic heterocycles. The van der Waals surface area contributed by atoms with Crippen LogP contribution in [0.1, 0.15) is 44.8 Å². The Morgan fingerprint density at radius 2 is 1.86 bits per heavy atom. The van der Waals surface area contributed by atoms with Crippen molar-refractivity contribution in [1.29, 1.82) is 0 Å². The molecule has 0 bridgehead atoms. The van der Waals surface area contributed by atoms with Crippen LogP contribution in [0, 0.1) is 0 Å². The molecule has 0 saturated carbocycles. The predicted molar refractivity (Wildman–Crippen MR) is 114 cm³/mol. The SMILES string of the molecule is CC1=NC2=CC=CC2=C1.CCCc1ccc(C2=Cc3ccccc3[CH]2[Zr+2])s1.[Cl-].[Cl-]. The van der Waals surface area contributed by atoms with Gasteiger partial charge in [0.2, 0.25) is 0 Å². The fourth-order valence-corrected chi connectivity index (χ4v) is 6.19. The van der Waals surface area contributed by atoms with Gasteiger partial charge in [-0.05, 0) is 19.1 Å². The number of rotatable bonds is 3. The van der Waals surface area contributed by atoms with Crippen LogP contribution in [0.2, 0.25) is 0 Å². The van der Waals surface area contributed by atoms with E-state index in [4.69, 9.17) is 0 Å². The van der Waals surface area contributed by atoms with E-state index in [1.165, 1.54) is 44.9 Å². The molecule has 2 aromatic rings. The fourth-order valence-electron chi connectivity index (χ4n) is 3.55. The number of thiophene rings is 1. The van der Waals surface area contributed by atoms with Crippen LogP contribution in [0.15, 0.2) is 77.0 Å². The number of benzene rings is 1. The molecule has 5 heteroatoms. The van der Waals surface area contributed by atoms with Gasteiger partial charge >= 0.3 is 128 Å². The summed E-state index contributed by atoms with van der Waals surface area (Å²) in [4.78, 5) is 7.26. The molecular weight excluding hydrogens is 496 g/mol. The van der Waals surface area contributed by atoms with Crippen LogP contribution in [-0.4, -0.2) is 5.71 Å². The molecule has 147 valence electrons. The van der Waals surface area contributed by atoms with E-state index >= 15 is 0 Å². The number of fused-ring (bicyclic) bond motifs is 2. The van der Waals surface area contributed by atoms with E-state index in [0.717, 1.165) is 11.4 Å². The minimum atomic E-state index is 0. The molecule has 1 aliphatic heterocycles. The molecule has 5 rings (SSSR count). The van der Waals surface area contributed by atoms with Crippen molar-refractivity contribution in [3.63, 3.8) is 0 Å². The summed E-state index contributed by atoms with van der Waals surface area (Å²) in [7, 11) is 0. The van der Waals surface area contributed by atoms with Gasteiger partial charge < -0.3 is 24.8 Å². The number of aliphatic imine (C=N–C) groups is 1. The average Bonchev–Trinajstić information content (AvgIpc) is 3.41. The molecule has 0 fully saturated rings. The van der Waals surface area contributed by atoms with Crippen LogP contribution in [-0.2, 0) is 31.1 Å². The van der Waals surface area contributed by atoms with Gasteiger partial charge in [-0.3, -0.25) is 4.99 Å². The third kappa shape index (κ3) is 5.39. The Hall–Kier alpha value is -0.987. The Morgan fingerprint density at radius 1 is 1.07 bits per heavy atom. The molecule has 1 atom stereocenters. The molecule has 2 heterocycles. The first-order valence-electron chi connectivity index (χ1n) is 9.42. The van der Waals surface area contributed by atoms with E-state index in [2.05, 4.69) is 66.5 Å².